The maximum atomic E-state index is 4.08. The third-order valence-electron chi connectivity index (χ3n) is 11.5. The monoisotopic (exact) mass is 726 g/mol. The Bertz CT molecular complexity index is 2800. The van der Waals surface area contributed by atoms with Crippen molar-refractivity contribution in [3.63, 3.8) is 0 Å². The smallest absolute Gasteiger partial charge is 0.0543 e. The molecule has 0 amide bonds. The third-order valence-corrected chi connectivity index (χ3v) is 11.5. The second-order valence-electron chi connectivity index (χ2n) is 15.4. The van der Waals surface area contributed by atoms with Crippen LogP contribution in [0, 0.1) is 20.8 Å². The van der Waals surface area contributed by atoms with Crippen LogP contribution in [0.2, 0.25) is 0 Å². The minimum absolute atomic E-state index is 0.247. The van der Waals surface area contributed by atoms with E-state index in [0.29, 0.717) is 0 Å². The van der Waals surface area contributed by atoms with Gasteiger partial charge >= 0.3 is 0 Å². The number of aromatic nitrogens is 1. The Balaban J connectivity index is 0.00000217. The van der Waals surface area contributed by atoms with Gasteiger partial charge in [-0.3, -0.25) is 0 Å². The summed E-state index contributed by atoms with van der Waals surface area (Å²) in [4.78, 5) is 2.43. The van der Waals surface area contributed by atoms with Crippen LogP contribution in [-0.4, -0.2) is 4.57 Å². The number of nitrogens with zero attached hydrogens (tertiary/aromatic N) is 2. The van der Waals surface area contributed by atoms with Crippen molar-refractivity contribution >= 4 is 55.2 Å². The van der Waals surface area contributed by atoms with Crippen LogP contribution >= 0.6 is 0 Å². The average molecular weight is 727 g/mol. The maximum Gasteiger partial charge on any atom is 0.0543 e. The molecular weight excluding hydrogens is 677 g/mol. The minimum Gasteiger partial charge on any atom is -0.310 e. The molecule has 2 nitrogen and oxygen atoms in total. The molecule has 0 saturated carbocycles. The molecule has 276 valence electrons. The molecule has 0 unspecified atom stereocenters. The molecule has 0 bridgehead atoms. The first-order chi connectivity index (χ1) is 27.2. The van der Waals surface area contributed by atoms with Crippen LogP contribution < -0.4 is 4.90 Å². The molecular formula is C54H50N2. The van der Waals surface area contributed by atoms with Gasteiger partial charge in [-0.1, -0.05) is 143 Å². The number of allylic oxidation sites excluding steroid dienone is 4. The number of anilines is 3. The summed E-state index contributed by atoms with van der Waals surface area (Å²) in [5, 5.41) is 5.00. The van der Waals surface area contributed by atoms with Crippen LogP contribution in [0.5, 0.6) is 0 Å². The summed E-state index contributed by atoms with van der Waals surface area (Å²) in [6.07, 6.45) is 5.76. The lowest BCUT2D eigenvalue weighted by atomic mass is 9.81. The summed E-state index contributed by atoms with van der Waals surface area (Å²) in [6, 6.07) is 49.9. The van der Waals surface area contributed by atoms with E-state index in [9.17, 15) is 0 Å². The van der Waals surface area contributed by atoms with Gasteiger partial charge in [-0.15, -0.1) is 0 Å². The zero-order chi connectivity index (χ0) is 39.3. The highest BCUT2D eigenvalue weighted by molar-refractivity contribution is 6.12. The van der Waals surface area contributed by atoms with Crippen molar-refractivity contribution in [3.05, 3.63) is 198 Å². The van der Waals surface area contributed by atoms with E-state index in [1.54, 1.807) is 0 Å². The lowest BCUT2D eigenvalue weighted by Crippen LogP contribution is -2.17. The molecule has 7 aromatic carbocycles. The minimum atomic E-state index is -0.247. The van der Waals surface area contributed by atoms with Crippen molar-refractivity contribution in [2.24, 2.45) is 0 Å². The van der Waals surface area contributed by atoms with E-state index in [1.165, 1.54) is 82.9 Å². The van der Waals surface area contributed by atoms with Gasteiger partial charge in [-0.25, -0.2) is 0 Å². The molecule has 8 aromatic rings. The normalized spacial score (nSPS) is 12.9. The highest BCUT2D eigenvalue weighted by Crippen LogP contribution is 2.55. The molecule has 1 aromatic heterocycles. The molecule has 56 heavy (non-hydrogen) atoms. The van der Waals surface area contributed by atoms with Gasteiger partial charge in [0.05, 0.1) is 16.7 Å². The van der Waals surface area contributed by atoms with Crippen molar-refractivity contribution in [1.29, 1.82) is 0 Å². The number of aryl methyl sites for hydroxylation is 3. The Labute approximate surface area is 332 Å². The van der Waals surface area contributed by atoms with Crippen LogP contribution in [0.4, 0.5) is 17.1 Å². The molecule has 0 spiro atoms. The molecule has 0 radical (unpaired) electrons. The van der Waals surface area contributed by atoms with Gasteiger partial charge in [0.1, 0.15) is 0 Å². The Morgan fingerprint density at radius 1 is 0.589 bits per heavy atom. The molecule has 0 N–H and O–H groups in total. The number of fused-ring (bicyclic) bond motifs is 8. The highest BCUT2D eigenvalue weighted by atomic mass is 15.1. The lowest BCUT2D eigenvalue weighted by Gasteiger charge is -2.30. The fraction of sp³-hybridized carbons (Fsp3) is 0.148. The van der Waals surface area contributed by atoms with E-state index < -0.39 is 0 Å². The first kappa shape index (κ1) is 36.6. The fourth-order valence-corrected chi connectivity index (χ4v) is 8.69. The number of rotatable bonds is 7. The zero-order valence-electron chi connectivity index (χ0n) is 33.7. The van der Waals surface area contributed by atoms with Crippen molar-refractivity contribution in [3.8, 4) is 16.8 Å². The van der Waals surface area contributed by atoms with E-state index in [-0.39, 0.29) is 5.41 Å². The summed E-state index contributed by atoms with van der Waals surface area (Å²) in [5.74, 6) is 0. The summed E-state index contributed by atoms with van der Waals surface area (Å²) in [6.45, 7) is 23.3. The molecule has 1 aliphatic carbocycles. The van der Waals surface area contributed by atoms with Crippen molar-refractivity contribution in [2.45, 2.75) is 53.9 Å². The van der Waals surface area contributed by atoms with Crippen LogP contribution in [0.25, 0.3) is 55.0 Å². The van der Waals surface area contributed by atoms with E-state index in [2.05, 4.69) is 191 Å². The predicted octanol–water partition coefficient (Wildman–Crippen LogP) is 15.4. The lowest BCUT2D eigenvalue weighted by molar-refractivity contribution is 0.660. The van der Waals surface area contributed by atoms with Crippen LogP contribution in [0.3, 0.4) is 0 Å². The van der Waals surface area contributed by atoms with Gasteiger partial charge in [0.15, 0.2) is 0 Å². The summed E-state index contributed by atoms with van der Waals surface area (Å²) < 4.78 is 2.44. The van der Waals surface area contributed by atoms with E-state index in [4.69, 9.17) is 0 Å². The average Bonchev–Trinajstić information content (AvgIpc) is 3.66. The highest BCUT2D eigenvalue weighted by Gasteiger charge is 2.38. The maximum absolute atomic E-state index is 4.08. The molecule has 2 heteroatoms. The topological polar surface area (TPSA) is 8.17 Å². The Morgan fingerprint density at radius 2 is 1.18 bits per heavy atom. The molecule has 0 fully saturated rings. The summed E-state index contributed by atoms with van der Waals surface area (Å²) in [5.41, 5.74) is 18.1. The van der Waals surface area contributed by atoms with Crippen molar-refractivity contribution in [1.82, 2.24) is 4.57 Å². The van der Waals surface area contributed by atoms with Gasteiger partial charge in [-0.05, 0) is 126 Å². The Kier molecular flexibility index (Phi) is 9.38. The SMILES string of the molecule is C=C/C=C(\C=C)c1ccc2c(c1)c1cc(C)ccc1n2-c1ccc2c(c1)C(C)(C)c1cc(N(c3ccc(C)cc3)c3ccc(C)cc3)c3ccccc3c1-2.CC. The van der Waals surface area contributed by atoms with Gasteiger partial charge in [-0.2, -0.15) is 0 Å². The van der Waals surface area contributed by atoms with Crippen LogP contribution in [0.15, 0.2) is 165 Å². The summed E-state index contributed by atoms with van der Waals surface area (Å²) >= 11 is 0. The number of hydrogen-bond acceptors (Lipinski definition) is 1. The van der Waals surface area contributed by atoms with Crippen molar-refractivity contribution < 1.29 is 0 Å². The third kappa shape index (κ3) is 5.88. The quantitative estimate of drug-likeness (QED) is 0.148. The first-order valence-electron chi connectivity index (χ1n) is 19.8. The van der Waals surface area contributed by atoms with E-state index in [0.717, 1.165) is 22.5 Å². The fourth-order valence-electron chi connectivity index (χ4n) is 8.69. The summed E-state index contributed by atoms with van der Waals surface area (Å²) in [7, 11) is 0. The molecule has 0 atom stereocenters. The molecule has 0 saturated heterocycles. The first-order valence-corrected chi connectivity index (χ1v) is 19.8. The molecule has 9 rings (SSSR count). The Morgan fingerprint density at radius 3 is 1.80 bits per heavy atom. The van der Waals surface area contributed by atoms with Crippen LogP contribution in [0.1, 0.15) is 61.1 Å². The van der Waals surface area contributed by atoms with Crippen molar-refractivity contribution in [2.75, 3.05) is 4.90 Å². The van der Waals surface area contributed by atoms with Crippen LogP contribution in [-0.2, 0) is 5.41 Å². The molecule has 1 aliphatic rings. The number of hydrogen-bond donors (Lipinski definition) is 0. The second kappa shape index (κ2) is 14.4. The van der Waals surface area contributed by atoms with Gasteiger partial charge < -0.3 is 9.47 Å². The largest absolute Gasteiger partial charge is 0.310 e. The second-order valence-corrected chi connectivity index (χ2v) is 15.4. The number of benzene rings is 7. The molecule has 1 heterocycles. The zero-order valence-corrected chi connectivity index (χ0v) is 33.7. The van der Waals surface area contributed by atoms with E-state index >= 15 is 0 Å². The van der Waals surface area contributed by atoms with Gasteiger partial charge in [0, 0.05) is 38.6 Å². The molecule has 0 aliphatic heterocycles. The standard InChI is InChI=1S/C52H44N2.C2H6/c1-8-12-36(9-2)37-20-28-49-45(30-37)44-29-35(5)19-27-48(44)54(49)40-25-26-43-46(31-40)52(6,7)47-32-50(41-13-10-11-14-42(41)51(43)47)53(38-21-15-33(3)16-22-38)39-23-17-34(4)18-24-39;1-2/h8-32H,1-2H2,3-7H3;1-2H3/b36-12+;. The van der Waals surface area contributed by atoms with Gasteiger partial charge in [0.25, 0.3) is 0 Å². The van der Waals surface area contributed by atoms with E-state index in [1.807, 2.05) is 32.1 Å². The predicted molar refractivity (Wildman–Crippen MR) is 244 cm³/mol. The van der Waals surface area contributed by atoms with Gasteiger partial charge in [0.2, 0.25) is 0 Å². The Hall–Kier alpha value is -6.38.